The highest BCUT2D eigenvalue weighted by molar-refractivity contribution is 7.89. The van der Waals surface area contributed by atoms with Crippen LogP contribution in [0.1, 0.15) is 24.4 Å². The zero-order valence-electron chi connectivity index (χ0n) is 14.4. The Balaban J connectivity index is 2.03. The molecule has 140 valence electrons. The van der Waals surface area contributed by atoms with E-state index in [0.717, 1.165) is 11.6 Å². The third kappa shape index (κ3) is 3.39. The predicted octanol–water partition coefficient (Wildman–Crippen LogP) is 4.02. The summed E-state index contributed by atoms with van der Waals surface area (Å²) < 4.78 is 52.3. The number of hydrogen-bond donors (Lipinski definition) is 0. The van der Waals surface area contributed by atoms with Crippen LogP contribution in [0.15, 0.2) is 41.3 Å². The standard InChI is InChI=1S/C18H19ClFNO4S/c1-24-13-6-7-14(17(11-13)25-2)16-4-3-9-21(16)26(22,23)18-8-5-12(19)10-15(18)20/h5-8,10-11,16H,3-4,9H2,1-2H3. The topological polar surface area (TPSA) is 55.8 Å². The first-order chi connectivity index (χ1) is 12.4. The fourth-order valence-corrected chi connectivity index (χ4v) is 5.12. The molecule has 0 saturated carbocycles. The molecular formula is C18H19ClFNO4S. The minimum absolute atomic E-state index is 0.149. The van der Waals surface area contributed by atoms with E-state index in [1.165, 1.54) is 23.5 Å². The third-order valence-corrected chi connectivity index (χ3v) is 6.66. The van der Waals surface area contributed by atoms with Crippen molar-refractivity contribution in [3.63, 3.8) is 0 Å². The lowest BCUT2D eigenvalue weighted by Gasteiger charge is -2.26. The van der Waals surface area contributed by atoms with Crippen LogP contribution in [0.25, 0.3) is 0 Å². The van der Waals surface area contributed by atoms with Gasteiger partial charge >= 0.3 is 0 Å². The summed E-state index contributed by atoms with van der Waals surface area (Å²) in [5, 5.41) is 0.149. The molecule has 1 atom stereocenters. The first-order valence-electron chi connectivity index (χ1n) is 8.07. The largest absolute Gasteiger partial charge is 0.497 e. The Hall–Kier alpha value is -1.83. The molecule has 0 N–H and O–H groups in total. The summed E-state index contributed by atoms with van der Waals surface area (Å²) in [6.07, 6.45) is 1.30. The summed E-state index contributed by atoms with van der Waals surface area (Å²) >= 11 is 5.74. The number of rotatable bonds is 5. The average molecular weight is 400 g/mol. The van der Waals surface area contributed by atoms with Crippen molar-refractivity contribution in [3.8, 4) is 11.5 Å². The maximum Gasteiger partial charge on any atom is 0.246 e. The van der Waals surface area contributed by atoms with Gasteiger partial charge in [-0.3, -0.25) is 0 Å². The summed E-state index contributed by atoms with van der Waals surface area (Å²) in [6.45, 7) is 0.310. The summed E-state index contributed by atoms with van der Waals surface area (Å²) in [7, 11) is -0.947. The van der Waals surface area contributed by atoms with Crippen LogP contribution < -0.4 is 9.47 Å². The Labute approximate surface area is 157 Å². The maximum absolute atomic E-state index is 14.2. The Morgan fingerprint density at radius 2 is 1.92 bits per heavy atom. The van der Waals surface area contributed by atoms with Crippen LogP contribution >= 0.6 is 11.6 Å². The summed E-state index contributed by atoms with van der Waals surface area (Å²) in [5.74, 6) is 0.291. The van der Waals surface area contributed by atoms with Crippen LogP contribution in [0.4, 0.5) is 4.39 Å². The molecule has 0 bridgehead atoms. The van der Waals surface area contributed by atoms with Crippen molar-refractivity contribution in [1.82, 2.24) is 4.31 Å². The van der Waals surface area contributed by atoms with E-state index in [-0.39, 0.29) is 9.92 Å². The van der Waals surface area contributed by atoms with Crippen LogP contribution in [0, 0.1) is 5.82 Å². The number of methoxy groups -OCH3 is 2. The number of hydrogen-bond acceptors (Lipinski definition) is 4. The van der Waals surface area contributed by atoms with Crippen LogP contribution in [0.3, 0.4) is 0 Å². The van der Waals surface area contributed by atoms with Crippen molar-refractivity contribution in [2.24, 2.45) is 0 Å². The molecule has 0 aliphatic carbocycles. The van der Waals surface area contributed by atoms with Crippen molar-refractivity contribution in [2.45, 2.75) is 23.8 Å². The molecule has 1 aliphatic heterocycles. The normalized spacial score (nSPS) is 18.1. The minimum Gasteiger partial charge on any atom is -0.497 e. The SMILES string of the molecule is COc1ccc(C2CCCN2S(=O)(=O)c2ccc(Cl)cc2F)c(OC)c1. The molecule has 1 saturated heterocycles. The Morgan fingerprint density at radius 1 is 1.15 bits per heavy atom. The van der Waals surface area contributed by atoms with Crippen LogP contribution in [-0.4, -0.2) is 33.5 Å². The molecule has 0 amide bonds. The molecule has 26 heavy (non-hydrogen) atoms. The van der Waals surface area contributed by atoms with Gasteiger partial charge < -0.3 is 9.47 Å². The quantitative estimate of drug-likeness (QED) is 0.761. The van der Waals surface area contributed by atoms with E-state index >= 15 is 0 Å². The van der Waals surface area contributed by atoms with E-state index < -0.39 is 21.9 Å². The lowest BCUT2D eigenvalue weighted by molar-refractivity contribution is 0.360. The van der Waals surface area contributed by atoms with Gasteiger partial charge in [-0.25, -0.2) is 12.8 Å². The first kappa shape index (κ1) is 18.9. The number of ether oxygens (including phenoxy) is 2. The molecule has 1 heterocycles. The Kier molecular flexibility index (Phi) is 5.41. The third-order valence-electron chi connectivity index (χ3n) is 4.48. The van der Waals surface area contributed by atoms with Gasteiger partial charge in [0.2, 0.25) is 10.0 Å². The molecule has 3 rings (SSSR count). The summed E-state index contributed by atoms with van der Waals surface area (Å²) in [4.78, 5) is -0.374. The molecule has 0 spiro atoms. The molecule has 2 aromatic carbocycles. The Morgan fingerprint density at radius 3 is 2.58 bits per heavy atom. The van der Waals surface area contributed by atoms with Gasteiger partial charge in [0.05, 0.1) is 20.3 Å². The van der Waals surface area contributed by atoms with Crippen molar-refractivity contribution in [1.29, 1.82) is 0 Å². The lowest BCUT2D eigenvalue weighted by Crippen LogP contribution is -2.31. The van der Waals surface area contributed by atoms with E-state index in [0.29, 0.717) is 30.9 Å². The first-order valence-corrected chi connectivity index (χ1v) is 9.89. The zero-order chi connectivity index (χ0) is 18.9. The van der Waals surface area contributed by atoms with E-state index in [9.17, 15) is 12.8 Å². The van der Waals surface area contributed by atoms with Crippen molar-refractivity contribution < 1.29 is 22.3 Å². The van der Waals surface area contributed by atoms with Gasteiger partial charge in [-0.05, 0) is 37.1 Å². The van der Waals surface area contributed by atoms with Gasteiger partial charge in [0.1, 0.15) is 22.2 Å². The van der Waals surface area contributed by atoms with E-state index in [4.69, 9.17) is 21.1 Å². The van der Waals surface area contributed by atoms with Crippen molar-refractivity contribution in [2.75, 3.05) is 20.8 Å². The smallest absolute Gasteiger partial charge is 0.246 e. The number of sulfonamides is 1. The number of halogens is 2. The molecular weight excluding hydrogens is 381 g/mol. The van der Waals surface area contributed by atoms with Gasteiger partial charge in [0, 0.05) is 23.2 Å². The number of benzene rings is 2. The maximum atomic E-state index is 14.2. The van der Waals surface area contributed by atoms with Crippen LogP contribution in [0.5, 0.6) is 11.5 Å². The molecule has 1 aliphatic rings. The summed E-state index contributed by atoms with van der Waals surface area (Å²) in [6, 6.07) is 8.40. The fraction of sp³-hybridized carbons (Fsp3) is 0.333. The van der Waals surface area contributed by atoms with Crippen molar-refractivity contribution in [3.05, 3.63) is 52.8 Å². The second-order valence-electron chi connectivity index (χ2n) is 5.96. The van der Waals surface area contributed by atoms with Crippen LogP contribution in [0.2, 0.25) is 5.02 Å². The highest BCUT2D eigenvalue weighted by Gasteiger charge is 2.38. The second-order valence-corrected chi connectivity index (χ2v) is 8.25. The predicted molar refractivity (Wildman–Crippen MR) is 96.8 cm³/mol. The molecule has 5 nitrogen and oxygen atoms in total. The van der Waals surface area contributed by atoms with Gasteiger partial charge in [-0.2, -0.15) is 4.31 Å². The molecule has 1 unspecified atom stereocenters. The van der Waals surface area contributed by atoms with E-state index in [2.05, 4.69) is 0 Å². The zero-order valence-corrected chi connectivity index (χ0v) is 16.0. The monoisotopic (exact) mass is 399 g/mol. The Bertz CT molecular complexity index is 919. The number of nitrogens with zero attached hydrogens (tertiary/aromatic N) is 1. The highest BCUT2D eigenvalue weighted by atomic mass is 35.5. The molecule has 2 aromatic rings. The second kappa shape index (κ2) is 7.42. The average Bonchev–Trinajstić information content (AvgIpc) is 3.11. The minimum atomic E-state index is -4.01. The van der Waals surface area contributed by atoms with Crippen LogP contribution in [-0.2, 0) is 10.0 Å². The van der Waals surface area contributed by atoms with Gasteiger partial charge in [-0.15, -0.1) is 0 Å². The van der Waals surface area contributed by atoms with Gasteiger partial charge in [0.15, 0.2) is 0 Å². The summed E-state index contributed by atoms with van der Waals surface area (Å²) in [5.41, 5.74) is 0.726. The fourth-order valence-electron chi connectivity index (χ4n) is 3.24. The lowest BCUT2D eigenvalue weighted by atomic mass is 10.0. The molecule has 0 radical (unpaired) electrons. The van der Waals surface area contributed by atoms with Crippen molar-refractivity contribution >= 4 is 21.6 Å². The van der Waals surface area contributed by atoms with Gasteiger partial charge in [0.25, 0.3) is 0 Å². The molecule has 1 fully saturated rings. The van der Waals surface area contributed by atoms with E-state index in [1.807, 2.05) is 0 Å². The highest BCUT2D eigenvalue weighted by Crippen LogP contribution is 2.41. The molecule has 0 aromatic heterocycles. The molecule has 8 heteroatoms. The van der Waals surface area contributed by atoms with Gasteiger partial charge in [-0.1, -0.05) is 17.7 Å². The van der Waals surface area contributed by atoms with E-state index in [1.54, 1.807) is 25.3 Å².